The molecule has 1 saturated heterocycles. The van der Waals surface area contributed by atoms with Crippen molar-refractivity contribution in [3.63, 3.8) is 0 Å². The summed E-state index contributed by atoms with van der Waals surface area (Å²) in [6.45, 7) is 2.75. The molecule has 2 aliphatic heterocycles. The average Bonchev–Trinajstić information content (AvgIpc) is 3.42. The van der Waals surface area contributed by atoms with E-state index in [1.165, 1.54) is 16.4 Å². The summed E-state index contributed by atoms with van der Waals surface area (Å²) in [5.74, 6) is 0.825. The second-order valence-electron chi connectivity index (χ2n) is 8.01. The van der Waals surface area contributed by atoms with Gasteiger partial charge in [-0.3, -0.25) is 0 Å². The van der Waals surface area contributed by atoms with Gasteiger partial charge < -0.3 is 9.47 Å². The first-order valence-electron chi connectivity index (χ1n) is 10.1. The molecule has 0 aliphatic carbocycles. The lowest BCUT2D eigenvalue weighted by molar-refractivity contribution is 0.174. The summed E-state index contributed by atoms with van der Waals surface area (Å²) in [7, 11) is -3.65. The number of hydrogen-bond donors (Lipinski definition) is 0. The van der Waals surface area contributed by atoms with E-state index in [4.69, 9.17) is 9.47 Å². The summed E-state index contributed by atoms with van der Waals surface area (Å²) in [6.07, 6.45) is 0. The van der Waals surface area contributed by atoms with Gasteiger partial charge in [0, 0.05) is 24.9 Å². The number of sulfonamides is 1. The molecule has 0 aromatic heterocycles. The highest BCUT2D eigenvalue weighted by Gasteiger charge is 2.41. The highest BCUT2D eigenvalue weighted by molar-refractivity contribution is 7.89. The van der Waals surface area contributed by atoms with E-state index in [2.05, 4.69) is 0 Å². The van der Waals surface area contributed by atoms with Crippen molar-refractivity contribution in [2.75, 3.05) is 19.9 Å². The lowest BCUT2D eigenvalue weighted by Crippen LogP contribution is -2.29. The number of fused-ring (bicyclic) bond motifs is 1. The Morgan fingerprint density at radius 2 is 1.45 bits per heavy atom. The molecule has 0 bridgehead atoms. The van der Waals surface area contributed by atoms with Gasteiger partial charge in [-0.1, -0.05) is 35.9 Å². The lowest BCUT2D eigenvalue weighted by Gasteiger charge is -2.19. The van der Waals surface area contributed by atoms with Gasteiger partial charge in [-0.2, -0.15) is 4.31 Å². The van der Waals surface area contributed by atoms with Gasteiger partial charge in [-0.25, -0.2) is 12.8 Å². The minimum absolute atomic E-state index is 0.0971. The first kappa shape index (κ1) is 20.0. The number of rotatable bonds is 4. The third-order valence-corrected chi connectivity index (χ3v) is 7.91. The topological polar surface area (TPSA) is 55.8 Å². The summed E-state index contributed by atoms with van der Waals surface area (Å²) < 4.78 is 52.7. The summed E-state index contributed by atoms with van der Waals surface area (Å²) in [5.41, 5.74) is 2.88. The molecule has 0 N–H and O–H groups in total. The van der Waals surface area contributed by atoms with E-state index >= 15 is 0 Å². The molecule has 160 valence electrons. The van der Waals surface area contributed by atoms with E-state index in [1.807, 2.05) is 25.1 Å². The van der Waals surface area contributed by atoms with Gasteiger partial charge in [0.1, 0.15) is 5.82 Å². The normalized spacial score (nSPS) is 20.8. The van der Waals surface area contributed by atoms with Crippen LogP contribution in [0, 0.1) is 12.7 Å². The van der Waals surface area contributed by atoms with Crippen molar-refractivity contribution >= 4 is 10.0 Å². The van der Waals surface area contributed by atoms with Crippen LogP contribution >= 0.6 is 0 Å². The van der Waals surface area contributed by atoms with Crippen LogP contribution in [0.15, 0.2) is 71.6 Å². The Bertz CT molecular complexity index is 1210. The van der Waals surface area contributed by atoms with Crippen molar-refractivity contribution in [3.8, 4) is 11.5 Å². The zero-order valence-corrected chi connectivity index (χ0v) is 17.8. The molecular formula is C24H22FNO4S. The first-order valence-corrected chi connectivity index (χ1v) is 11.6. The fraction of sp³-hybridized carbons (Fsp3) is 0.250. The lowest BCUT2D eigenvalue weighted by atomic mass is 9.84. The summed E-state index contributed by atoms with van der Waals surface area (Å²) in [4.78, 5) is 0.280. The largest absolute Gasteiger partial charge is 0.454 e. The number of benzene rings is 3. The number of nitrogens with zero attached hydrogens (tertiary/aromatic N) is 1. The molecule has 5 rings (SSSR count). The monoisotopic (exact) mass is 439 g/mol. The summed E-state index contributed by atoms with van der Waals surface area (Å²) in [5, 5.41) is 0. The molecule has 0 spiro atoms. The number of halogens is 1. The molecule has 0 saturated carbocycles. The number of aryl methyl sites for hydroxylation is 1. The van der Waals surface area contributed by atoms with Crippen LogP contribution in [0.5, 0.6) is 11.5 Å². The van der Waals surface area contributed by atoms with Crippen LogP contribution in [0.4, 0.5) is 4.39 Å². The van der Waals surface area contributed by atoms with Crippen LogP contribution in [-0.2, 0) is 10.0 Å². The molecule has 2 aliphatic rings. The SMILES string of the molecule is Cc1ccc(S(=O)(=O)N2C[C@H](c3ccc(F)cc3)[C@H](c3ccc4c(c3)OCO4)C2)cc1. The van der Waals surface area contributed by atoms with Gasteiger partial charge in [-0.15, -0.1) is 0 Å². The van der Waals surface area contributed by atoms with Crippen LogP contribution in [0.1, 0.15) is 28.5 Å². The van der Waals surface area contributed by atoms with Crippen molar-refractivity contribution in [2.24, 2.45) is 0 Å². The predicted molar refractivity (Wildman–Crippen MR) is 114 cm³/mol. The maximum atomic E-state index is 13.5. The minimum Gasteiger partial charge on any atom is -0.454 e. The van der Waals surface area contributed by atoms with E-state index in [9.17, 15) is 12.8 Å². The molecule has 3 aromatic carbocycles. The Morgan fingerprint density at radius 1 is 0.839 bits per heavy atom. The molecular weight excluding hydrogens is 417 g/mol. The zero-order chi connectivity index (χ0) is 21.6. The zero-order valence-electron chi connectivity index (χ0n) is 17.0. The van der Waals surface area contributed by atoms with Crippen molar-refractivity contribution in [1.82, 2.24) is 4.31 Å². The van der Waals surface area contributed by atoms with Crippen LogP contribution in [0.3, 0.4) is 0 Å². The Hall–Kier alpha value is -2.90. The van der Waals surface area contributed by atoms with E-state index in [0.29, 0.717) is 24.6 Å². The van der Waals surface area contributed by atoms with Crippen LogP contribution in [-0.4, -0.2) is 32.6 Å². The van der Waals surface area contributed by atoms with Crippen molar-refractivity contribution < 1.29 is 22.3 Å². The van der Waals surface area contributed by atoms with Crippen molar-refractivity contribution in [2.45, 2.75) is 23.7 Å². The molecule has 1 fully saturated rings. The Kier molecular flexibility index (Phi) is 4.95. The fourth-order valence-electron chi connectivity index (χ4n) is 4.35. The molecule has 7 heteroatoms. The number of ether oxygens (including phenoxy) is 2. The van der Waals surface area contributed by atoms with Gasteiger partial charge in [0.25, 0.3) is 0 Å². The van der Waals surface area contributed by atoms with Gasteiger partial charge in [0.2, 0.25) is 16.8 Å². The second kappa shape index (κ2) is 7.66. The minimum atomic E-state index is -3.65. The molecule has 0 amide bonds. The van der Waals surface area contributed by atoms with Crippen LogP contribution < -0.4 is 9.47 Å². The standard InChI is InChI=1S/C24H22FNO4S/c1-16-2-9-20(10-3-16)31(27,28)26-13-21(17-4-7-19(25)8-5-17)22(14-26)18-6-11-23-24(12-18)30-15-29-23/h2-12,21-22H,13-15H2,1H3/t21-,22+/m1/s1. The quantitative estimate of drug-likeness (QED) is 0.603. The highest BCUT2D eigenvalue weighted by Crippen LogP contribution is 2.44. The van der Waals surface area contributed by atoms with E-state index in [0.717, 1.165) is 16.7 Å². The molecule has 0 unspecified atom stereocenters. The van der Waals surface area contributed by atoms with Crippen LogP contribution in [0.25, 0.3) is 0 Å². The van der Waals surface area contributed by atoms with Crippen LogP contribution in [0.2, 0.25) is 0 Å². The summed E-state index contributed by atoms with van der Waals surface area (Å²) >= 11 is 0. The van der Waals surface area contributed by atoms with Gasteiger partial charge >= 0.3 is 0 Å². The fourth-order valence-corrected chi connectivity index (χ4v) is 5.84. The van der Waals surface area contributed by atoms with Gasteiger partial charge in [-0.05, 0) is 54.4 Å². The molecule has 0 radical (unpaired) electrons. The first-order chi connectivity index (χ1) is 14.9. The third-order valence-electron chi connectivity index (χ3n) is 6.07. The smallest absolute Gasteiger partial charge is 0.243 e. The Balaban J connectivity index is 1.53. The van der Waals surface area contributed by atoms with E-state index in [1.54, 1.807) is 36.4 Å². The maximum absolute atomic E-state index is 13.5. The second-order valence-corrected chi connectivity index (χ2v) is 9.95. The Morgan fingerprint density at radius 3 is 2.16 bits per heavy atom. The molecule has 3 aromatic rings. The van der Waals surface area contributed by atoms with E-state index in [-0.39, 0.29) is 29.3 Å². The number of hydrogen-bond acceptors (Lipinski definition) is 4. The van der Waals surface area contributed by atoms with Crippen molar-refractivity contribution in [3.05, 3.63) is 89.2 Å². The molecule has 5 nitrogen and oxygen atoms in total. The highest BCUT2D eigenvalue weighted by atomic mass is 32.2. The summed E-state index contributed by atoms with van der Waals surface area (Å²) in [6, 6.07) is 18.9. The van der Waals surface area contributed by atoms with Gasteiger partial charge in [0.05, 0.1) is 4.90 Å². The maximum Gasteiger partial charge on any atom is 0.243 e. The van der Waals surface area contributed by atoms with E-state index < -0.39 is 10.0 Å². The van der Waals surface area contributed by atoms with Gasteiger partial charge in [0.15, 0.2) is 11.5 Å². The molecule has 31 heavy (non-hydrogen) atoms. The third kappa shape index (κ3) is 3.68. The Labute approximate surface area is 181 Å². The average molecular weight is 440 g/mol. The molecule has 2 heterocycles. The van der Waals surface area contributed by atoms with Crippen molar-refractivity contribution in [1.29, 1.82) is 0 Å². The molecule has 2 atom stereocenters. The predicted octanol–water partition coefficient (Wildman–Crippen LogP) is 4.43.